The Morgan fingerprint density at radius 1 is 1.00 bits per heavy atom. The molecule has 0 saturated carbocycles. The van der Waals surface area contributed by atoms with E-state index in [1.54, 1.807) is 21.3 Å². The lowest BCUT2D eigenvalue weighted by molar-refractivity contribution is 0.140. The summed E-state index contributed by atoms with van der Waals surface area (Å²) >= 11 is 0. The Bertz CT molecular complexity index is 289. The van der Waals surface area contributed by atoms with Gasteiger partial charge in [0, 0.05) is 26.5 Å². The van der Waals surface area contributed by atoms with Gasteiger partial charge in [-0.3, -0.25) is 0 Å². The van der Waals surface area contributed by atoms with E-state index in [0.29, 0.717) is 0 Å². The zero-order valence-electron chi connectivity index (χ0n) is 8.74. The first-order chi connectivity index (χ1) is 6.70. The van der Waals surface area contributed by atoms with Crippen molar-refractivity contribution in [3.63, 3.8) is 0 Å². The molecule has 1 aromatic rings. The molecular weight excluding hydrogens is 196 g/mol. The molecule has 0 atom stereocenters. The van der Waals surface area contributed by atoms with Crippen molar-refractivity contribution in [2.45, 2.75) is 0 Å². The third-order valence-corrected chi connectivity index (χ3v) is 4.91. The van der Waals surface area contributed by atoms with Crippen molar-refractivity contribution in [3.05, 3.63) is 36.8 Å². The molecule has 0 aliphatic carbocycles. The smallest absolute Gasteiger partial charge is 0.373 e. The van der Waals surface area contributed by atoms with Crippen LogP contribution in [0.25, 0.3) is 0 Å². The van der Waals surface area contributed by atoms with Gasteiger partial charge in [0.15, 0.2) is 0 Å². The van der Waals surface area contributed by atoms with Crippen LogP contribution in [0.3, 0.4) is 0 Å². The molecular formula is C10H15O3Si. The lowest BCUT2D eigenvalue weighted by Gasteiger charge is -2.25. The first-order valence-electron chi connectivity index (χ1n) is 4.27. The second-order valence-corrected chi connectivity index (χ2v) is 5.70. The SMILES string of the molecule is [CH2]c1ccccc1[Si](OC)(OC)OC. The van der Waals surface area contributed by atoms with E-state index >= 15 is 0 Å². The van der Waals surface area contributed by atoms with Crippen molar-refractivity contribution >= 4 is 14.0 Å². The molecule has 0 aliphatic rings. The minimum Gasteiger partial charge on any atom is -0.373 e. The van der Waals surface area contributed by atoms with Gasteiger partial charge in [0.05, 0.1) is 0 Å². The Kier molecular flexibility index (Phi) is 3.83. The summed E-state index contributed by atoms with van der Waals surface area (Å²) in [5.41, 5.74) is 0.879. The minimum atomic E-state index is -2.70. The van der Waals surface area contributed by atoms with Crippen molar-refractivity contribution < 1.29 is 13.3 Å². The molecule has 0 spiro atoms. The van der Waals surface area contributed by atoms with E-state index in [-0.39, 0.29) is 0 Å². The molecule has 0 aromatic heterocycles. The fourth-order valence-corrected chi connectivity index (χ4v) is 3.34. The highest BCUT2D eigenvalue weighted by atomic mass is 28.4. The first-order valence-corrected chi connectivity index (χ1v) is 5.99. The average Bonchev–Trinajstić information content (AvgIpc) is 2.24. The second kappa shape index (κ2) is 4.70. The van der Waals surface area contributed by atoms with Crippen LogP contribution in [0, 0.1) is 6.92 Å². The van der Waals surface area contributed by atoms with Gasteiger partial charge in [0.1, 0.15) is 0 Å². The topological polar surface area (TPSA) is 27.7 Å². The van der Waals surface area contributed by atoms with Crippen LogP contribution >= 0.6 is 0 Å². The van der Waals surface area contributed by atoms with Gasteiger partial charge < -0.3 is 13.3 Å². The lowest BCUT2D eigenvalue weighted by atomic mass is 10.2. The van der Waals surface area contributed by atoms with Crippen LogP contribution < -0.4 is 5.19 Å². The van der Waals surface area contributed by atoms with Gasteiger partial charge in [0.25, 0.3) is 0 Å². The summed E-state index contributed by atoms with van der Waals surface area (Å²) in [5.74, 6) is 0. The van der Waals surface area contributed by atoms with Gasteiger partial charge >= 0.3 is 8.80 Å². The maximum Gasteiger partial charge on any atom is 0.536 e. The summed E-state index contributed by atoms with van der Waals surface area (Å²) in [7, 11) is 2.07. The van der Waals surface area contributed by atoms with E-state index in [1.165, 1.54) is 0 Å². The molecule has 0 N–H and O–H groups in total. The van der Waals surface area contributed by atoms with Gasteiger partial charge in [0.2, 0.25) is 0 Å². The summed E-state index contributed by atoms with van der Waals surface area (Å²) in [4.78, 5) is 0. The Balaban J connectivity index is 3.17. The van der Waals surface area contributed by atoms with Crippen LogP contribution in [0.1, 0.15) is 5.56 Å². The van der Waals surface area contributed by atoms with Gasteiger partial charge in [-0.05, 0) is 12.5 Å². The third kappa shape index (κ3) is 1.88. The summed E-state index contributed by atoms with van der Waals surface area (Å²) < 4.78 is 16.1. The van der Waals surface area contributed by atoms with E-state index in [1.807, 2.05) is 24.3 Å². The van der Waals surface area contributed by atoms with Crippen LogP contribution in [0.15, 0.2) is 24.3 Å². The molecule has 0 amide bonds. The van der Waals surface area contributed by atoms with Crippen molar-refractivity contribution in [1.29, 1.82) is 0 Å². The van der Waals surface area contributed by atoms with E-state index in [2.05, 4.69) is 6.92 Å². The standard InChI is InChI=1S/C10H15O3Si/c1-9-7-5-6-8-10(9)14(11-2,12-3)13-4/h5-8H,1H2,2-4H3. The number of rotatable bonds is 4. The van der Waals surface area contributed by atoms with Crippen LogP contribution in [-0.4, -0.2) is 30.1 Å². The molecule has 77 valence electrons. The Labute approximate surface area is 86.0 Å². The Morgan fingerprint density at radius 3 is 1.93 bits per heavy atom. The lowest BCUT2D eigenvalue weighted by Crippen LogP contribution is -2.55. The number of hydrogen-bond donors (Lipinski definition) is 0. The predicted octanol–water partition coefficient (Wildman–Crippen LogP) is 0.954. The summed E-state index contributed by atoms with van der Waals surface area (Å²) in [6.45, 7) is 3.93. The highest BCUT2D eigenvalue weighted by molar-refractivity contribution is 6.75. The van der Waals surface area contributed by atoms with Crippen LogP contribution in [0.2, 0.25) is 0 Å². The largest absolute Gasteiger partial charge is 0.536 e. The van der Waals surface area contributed by atoms with E-state index < -0.39 is 8.80 Å². The van der Waals surface area contributed by atoms with Crippen LogP contribution in [0.4, 0.5) is 0 Å². The maximum absolute atomic E-state index is 5.36. The molecule has 0 unspecified atom stereocenters. The van der Waals surface area contributed by atoms with Crippen LogP contribution in [0.5, 0.6) is 0 Å². The zero-order valence-corrected chi connectivity index (χ0v) is 9.74. The Hall–Kier alpha value is -0.683. The fraction of sp³-hybridized carbons (Fsp3) is 0.300. The highest BCUT2D eigenvalue weighted by Gasteiger charge is 2.41. The first kappa shape index (κ1) is 11.4. The van der Waals surface area contributed by atoms with Crippen molar-refractivity contribution in [2.75, 3.05) is 21.3 Å². The van der Waals surface area contributed by atoms with E-state index in [0.717, 1.165) is 10.8 Å². The quantitative estimate of drug-likeness (QED) is 0.694. The third-order valence-electron chi connectivity index (χ3n) is 2.15. The van der Waals surface area contributed by atoms with E-state index in [9.17, 15) is 0 Å². The second-order valence-electron chi connectivity index (χ2n) is 2.83. The maximum atomic E-state index is 5.36. The van der Waals surface area contributed by atoms with Crippen molar-refractivity contribution in [1.82, 2.24) is 0 Å². The van der Waals surface area contributed by atoms with Gasteiger partial charge in [-0.2, -0.15) is 0 Å². The Morgan fingerprint density at radius 2 is 1.50 bits per heavy atom. The van der Waals surface area contributed by atoms with Crippen molar-refractivity contribution in [3.8, 4) is 0 Å². The molecule has 3 nitrogen and oxygen atoms in total. The molecule has 0 aliphatic heterocycles. The zero-order chi connectivity index (χ0) is 10.6. The average molecular weight is 211 g/mol. The molecule has 0 heterocycles. The predicted molar refractivity (Wildman–Crippen MR) is 57.3 cm³/mol. The van der Waals surface area contributed by atoms with Crippen LogP contribution in [-0.2, 0) is 13.3 Å². The summed E-state index contributed by atoms with van der Waals surface area (Å²) in [5, 5.41) is 0.910. The molecule has 14 heavy (non-hydrogen) atoms. The molecule has 1 radical (unpaired) electrons. The molecule has 1 aromatic carbocycles. The molecule has 0 fully saturated rings. The van der Waals surface area contributed by atoms with Crippen molar-refractivity contribution in [2.24, 2.45) is 0 Å². The van der Waals surface area contributed by atoms with E-state index in [4.69, 9.17) is 13.3 Å². The molecule has 0 bridgehead atoms. The summed E-state index contributed by atoms with van der Waals surface area (Å²) in [6.07, 6.45) is 0. The highest BCUT2D eigenvalue weighted by Crippen LogP contribution is 2.09. The monoisotopic (exact) mass is 211 g/mol. The summed E-state index contributed by atoms with van der Waals surface area (Å²) in [6, 6.07) is 7.67. The molecule has 4 heteroatoms. The van der Waals surface area contributed by atoms with Gasteiger partial charge in [-0.1, -0.05) is 24.3 Å². The molecule has 1 rings (SSSR count). The minimum absolute atomic E-state index is 0.879. The van der Waals surface area contributed by atoms with Gasteiger partial charge in [-0.15, -0.1) is 0 Å². The number of benzene rings is 1. The normalized spacial score (nSPS) is 11.7. The fourth-order valence-electron chi connectivity index (χ4n) is 1.40. The van der Waals surface area contributed by atoms with Gasteiger partial charge in [-0.25, -0.2) is 0 Å². The number of hydrogen-bond acceptors (Lipinski definition) is 3. The molecule has 0 saturated heterocycles.